The summed E-state index contributed by atoms with van der Waals surface area (Å²) >= 11 is 0. The van der Waals surface area contributed by atoms with E-state index in [0.717, 1.165) is 32.1 Å². The fourth-order valence-electron chi connectivity index (χ4n) is 5.80. The molecule has 0 radical (unpaired) electrons. The maximum Gasteiger partial charge on any atom is 0.0756 e. The summed E-state index contributed by atoms with van der Waals surface area (Å²) < 4.78 is 0. The van der Waals surface area contributed by atoms with Crippen LogP contribution in [0.4, 0.5) is 0 Å². The fourth-order valence-corrected chi connectivity index (χ4v) is 5.80. The van der Waals surface area contributed by atoms with Crippen molar-refractivity contribution in [3.05, 3.63) is 24.3 Å². The summed E-state index contributed by atoms with van der Waals surface area (Å²) in [5, 5.41) is 21.3. The minimum absolute atomic E-state index is 0.0275. The van der Waals surface area contributed by atoms with Gasteiger partial charge in [-0.25, -0.2) is 0 Å². The third-order valence-electron chi connectivity index (χ3n) is 7.49. The first kappa shape index (κ1) is 16.3. The molecule has 0 aliphatic heterocycles. The van der Waals surface area contributed by atoms with Gasteiger partial charge in [-0.3, -0.25) is 0 Å². The average Bonchev–Trinajstić information content (AvgIpc) is 2.47. The summed E-state index contributed by atoms with van der Waals surface area (Å²) in [6.45, 7) is 13.0. The van der Waals surface area contributed by atoms with E-state index in [1.54, 1.807) is 0 Å². The highest BCUT2D eigenvalue weighted by Gasteiger charge is 2.58. The number of aliphatic hydroxyl groups excluding tert-OH is 2. The summed E-state index contributed by atoms with van der Waals surface area (Å²) in [6, 6.07) is 0. The van der Waals surface area contributed by atoms with E-state index in [1.807, 2.05) is 6.08 Å². The fraction of sp³-hybridized carbons (Fsp3) is 0.800. The predicted octanol–water partition coefficient (Wildman–Crippen LogP) is 4.08. The van der Waals surface area contributed by atoms with E-state index < -0.39 is 0 Å². The summed E-state index contributed by atoms with van der Waals surface area (Å²) in [5.74, 6) is 0.843. The summed E-state index contributed by atoms with van der Waals surface area (Å²) in [5.41, 5.74) is 1.37. The molecule has 2 fully saturated rings. The van der Waals surface area contributed by atoms with Crippen molar-refractivity contribution in [1.82, 2.24) is 0 Å². The first-order chi connectivity index (χ1) is 10.1. The molecule has 124 valence electrons. The lowest BCUT2D eigenvalue weighted by Crippen LogP contribution is -2.58. The van der Waals surface area contributed by atoms with Gasteiger partial charge in [0.2, 0.25) is 0 Å². The molecule has 3 aliphatic rings. The summed E-state index contributed by atoms with van der Waals surface area (Å²) in [4.78, 5) is 0. The SMILES string of the molecule is C=C[C@]1(C)C=C2[C@@H](CC1)[C@]1(C)CC[C@@H](O)C(C)(C)[C@H]1C[C@@H]2O. The van der Waals surface area contributed by atoms with Crippen LogP contribution < -0.4 is 0 Å². The quantitative estimate of drug-likeness (QED) is 0.717. The molecule has 2 heteroatoms. The molecule has 2 nitrogen and oxygen atoms in total. The first-order valence-corrected chi connectivity index (χ1v) is 8.86. The largest absolute Gasteiger partial charge is 0.393 e. The molecule has 2 saturated carbocycles. The zero-order valence-electron chi connectivity index (χ0n) is 14.6. The van der Waals surface area contributed by atoms with Crippen LogP contribution in [-0.2, 0) is 0 Å². The Morgan fingerprint density at radius 3 is 2.45 bits per heavy atom. The van der Waals surface area contributed by atoms with Gasteiger partial charge in [0, 0.05) is 5.41 Å². The smallest absolute Gasteiger partial charge is 0.0756 e. The van der Waals surface area contributed by atoms with Crippen molar-refractivity contribution in [3.63, 3.8) is 0 Å². The Kier molecular flexibility index (Phi) is 3.66. The second-order valence-corrected chi connectivity index (χ2v) is 9.13. The van der Waals surface area contributed by atoms with Crippen LogP contribution in [0.25, 0.3) is 0 Å². The zero-order chi connectivity index (χ0) is 16.3. The van der Waals surface area contributed by atoms with Crippen molar-refractivity contribution in [2.75, 3.05) is 0 Å². The van der Waals surface area contributed by atoms with Gasteiger partial charge >= 0.3 is 0 Å². The van der Waals surface area contributed by atoms with Crippen molar-refractivity contribution in [3.8, 4) is 0 Å². The maximum absolute atomic E-state index is 10.8. The molecule has 2 N–H and O–H groups in total. The maximum atomic E-state index is 10.8. The number of allylic oxidation sites excluding steroid dienone is 2. The molecular weight excluding hydrogens is 272 g/mol. The molecule has 0 spiro atoms. The van der Waals surface area contributed by atoms with Crippen LogP contribution in [0.2, 0.25) is 0 Å². The Morgan fingerprint density at radius 1 is 1.14 bits per heavy atom. The molecule has 0 bridgehead atoms. The second-order valence-electron chi connectivity index (χ2n) is 9.13. The van der Waals surface area contributed by atoms with Crippen molar-refractivity contribution >= 4 is 0 Å². The molecular formula is C20H32O2. The van der Waals surface area contributed by atoms with Crippen LogP contribution in [0.3, 0.4) is 0 Å². The van der Waals surface area contributed by atoms with E-state index in [-0.39, 0.29) is 28.5 Å². The van der Waals surface area contributed by atoms with Crippen molar-refractivity contribution in [2.24, 2.45) is 28.1 Å². The molecule has 0 saturated heterocycles. The Labute approximate surface area is 135 Å². The minimum Gasteiger partial charge on any atom is -0.393 e. The molecule has 3 rings (SSSR count). The Balaban J connectivity index is 2.03. The number of hydrogen-bond acceptors (Lipinski definition) is 2. The molecule has 0 aromatic rings. The van der Waals surface area contributed by atoms with E-state index in [4.69, 9.17) is 0 Å². The number of rotatable bonds is 1. The molecule has 0 unspecified atom stereocenters. The number of aliphatic hydroxyl groups is 2. The minimum atomic E-state index is -0.354. The van der Waals surface area contributed by atoms with E-state index in [9.17, 15) is 10.2 Å². The lowest BCUT2D eigenvalue weighted by molar-refractivity contribution is -0.143. The second kappa shape index (κ2) is 4.95. The Hall–Kier alpha value is -0.600. The predicted molar refractivity (Wildman–Crippen MR) is 90.4 cm³/mol. The van der Waals surface area contributed by atoms with E-state index >= 15 is 0 Å². The monoisotopic (exact) mass is 304 g/mol. The van der Waals surface area contributed by atoms with Crippen LogP contribution >= 0.6 is 0 Å². The van der Waals surface area contributed by atoms with Gasteiger partial charge < -0.3 is 10.2 Å². The molecule has 0 heterocycles. The van der Waals surface area contributed by atoms with E-state index in [2.05, 4.69) is 40.3 Å². The molecule has 22 heavy (non-hydrogen) atoms. The highest BCUT2D eigenvalue weighted by atomic mass is 16.3. The van der Waals surface area contributed by atoms with Crippen LogP contribution in [-0.4, -0.2) is 22.4 Å². The van der Waals surface area contributed by atoms with Crippen LogP contribution in [0, 0.1) is 28.1 Å². The summed E-state index contributed by atoms with van der Waals surface area (Å²) in [6.07, 6.45) is 8.73. The van der Waals surface area contributed by atoms with Gasteiger partial charge in [0.25, 0.3) is 0 Å². The van der Waals surface area contributed by atoms with Crippen LogP contribution in [0.5, 0.6) is 0 Å². The highest BCUT2D eigenvalue weighted by Crippen LogP contribution is 2.63. The Morgan fingerprint density at radius 2 is 1.82 bits per heavy atom. The van der Waals surface area contributed by atoms with Crippen LogP contribution in [0.15, 0.2) is 24.3 Å². The van der Waals surface area contributed by atoms with E-state index in [0.29, 0.717) is 11.8 Å². The molecule has 0 aromatic carbocycles. The Bertz CT molecular complexity index is 506. The number of hydrogen-bond donors (Lipinski definition) is 2. The topological polar surface area (TPSA) is 40.5 Å². The van der Waals surface area contributed by atoms with Gasteiger partial charge in [-0.15, -0.1) is 6.58 Å². The van der Waals surface area contributed by atoms with Crippen molar-refractivity contribution < 1.29 is 10.2 Å². The van der Waals surface area contributed by atoms with Gasteiger partial charge in [0.1, 0.15) is 0 Å². The molecule has 0 aromatic heterocycles. The lowest BCUT2D eigenvalue weighted by Gasteiger charge is -2.61. The normalized spacial score (nSPS) is 50.5. The van der Waals surface area contributed by atoms with Gasteiger partial charge in [0.15, 0.2) is 0 Å². The van der Waals surface area contributed by atoms with Gasteiger partial charge in [-0.1, -0.05) is 39.8 Å². The lowest BCUT2D eigenvalue weighted by atomic mass is 9.44. The highest BCUT2D eigenvalue weighted by molar-refractivity contribution is 5.29. The van der Waals surface area contributed by atoms with Gasteiger partial charge in [-0.2, -0.15) is 0 Å². The third kappa shape index (κ3) is 2.14. The van der Waals surface area contributed by atoms with Gasteiger partial charge in [-0.05, 0) is 60.3 Å². The third-order valence-corrected chi connectivity index (χ3v) is 7.49. The average molecular weight is 304 g/mol. The molecule has 3 aliphatic carbocycles. The standard InChI is InChI=1S/C20H32O2/c1-6-19(4)9-7-14-13(12-19)15(21)11-16-18(2,3)17(22)8-10-20(14,16)5/h6,12,14-17,21-22H,1,7-11H2,2-5H3/t14-,15+,16-,17-,19+,20+/m1/s1. The molecule has 0 amide bonds. The summed E-state index contributed by atoms with van der Waals surface area (Å²) in [7, 11) is 0. The van der Waals surface area contributed by atoms with Gasteiger partial charge in [0.05, 0.1) is 12.2 Å². The van der Waals surface area contributed by atoms with Crippen molar-refractivity contribution in [2.45, 2.75) is 72.0 Å². The van der Waals surface area contributed by atoms with Crippen LogP contribution in [0.1, 0.15) is 59.8 Å². The number of fused-ring (bicyclic) bond motifs is 3. The van der Waals surface area contributed by atoms with Crippen molar-refractivity contribution in [1.29, 1.82) is 0 Å². The van der Waals surface area contributed by atoms with E-state index in [1.165, 1.54) is 5.57 Å². The molecule has 6 atom stereocenters. The first-order valence-electron chi connectivity index (χ1n) is 8.86. The zero-order valence-corrected chi connectivity index (χ0v) is 14.6.